The number of rotatable bonds is 3. The molecule has 8 heteroatoms. The van der Waals surface area contributed by atoms with Crippen LogP contribution in [-0.4, -0.2) is 60.3 Å². The normalized spacial score (nSPS) is 17.4. The predicted octanol–water partition coefficient (Wildman–Crippen LogP) is 6.54. The minimum absolute atomic E-state index is 0.131. The van der Waals surface area contributed by atoms with E-state index in [4.69, 9.17) is 17.2 Å². The molecule has 6 nitrogen and oxygen atoms in total. The van der Waals surface area contributed by atoms with Crippen molar-refractivity contribution >= 4 is 65.8 Å². The van der Waals surface area contributed by atoms with E-state index in [1.807, 2.05) is 12.3 Å². The number of hydrogen-bond acceptors (Lipinski definition) is 5. The van der Waals surface area contributed by atoms with E-state index in [-0.39, 0.29) is 42.4 Å². The van der Waals surface area contributed by atoms with Crippen LogP contribution in [0.15, 0.2) is 109 Å². The molecule has 1 fully saturated rings. The van der Waals surface area contributed by atoms with Gasteiger partial charge in [-0.1, -0.05) is 0 Å². The molecule has 2 amide bonds. The number of carbonyl (C=O) groups is 2. The van der Waals surface area contributed by atoms with Crippen molar-refractivity contribution in [3.8, 4) is 0 Å². The van der Waals surface area contributed by atoms with E-state index in [0.717, 1.165) is 21.5 Å². The van der Waals surface area contributed by atoms with Crippen molar-refractivity contribution < 1.29 is 9.59 Å². The van der Waals surface area contributed by atoms with Gasteiger partial charge in [0.15, 0.2) is 0 Å². The molecule has 5 heterocycles. The Hall–Kier alpha value is -4.62. The number of nitrogens with zero attached hydrogens (tertiary/aromatic N) is 4. The third-order valence-electron chi connectivity index (χ3n) is 9.69. The van der Waals surface area contributed by atoms with E-state index >= 15 is 0 Å². The molecular formula is C38H30N4O2SSe. The van der Waals surface area contributed by atoms with Gasteiger partial charge in [0.05, 0.1) is 0 Å². The average Bonchev–Trinajstić information content (AvgIpc) is 3.52. The zero-order valence-corrected chi connectivity index (χ0v) is 28.3. The van der Waals surface area contributed by atoms with Crippen LogP contribution in [0.5, 0.6) is 0 Å². The SMILES string of the molecule is CN1C(=O)C(=Cc2cc3c([se]2)N2c4ncccc4C(c4ccccc4)(c4ccccc4)c4cccc(c42)C3(C)C)C(=O)N(C)C1=S. The molecule has 0 radical (unpaired) electrons. The van der Waals surface area contributed by atoms with Gasteiger partial charge >= 0.3 is 280 Å². The maximum absolute atomic E-state index is 13.2. The van der Waals surface area contributed by atoms with Crippen LogP contribution in [0.3, 0.4) is 0 Å². The number of fused-ring (bicyclic) bond motifs is 4. The van der Waals surface area contributed by atoms with Crippen LogP contribution in [0.4, 0.5) is 16.1 Å². The van der Waals surface area contributed by atoms with Gasteiger partial charge < -0.3 is 0 Å². The summed E-state index contributed by atoms with van der Waals surface area (Å²) in [5.74, 6) is 0.150. The van der Waals surface area contributed by atoms with Crippen LogP contribution >= 0.6 is 12.2 Å². The second kappa shape index (κ2) is 10.2. The second-order valence-corrected chi connectivity index (χ2v) is 15.0. The Morgan fingerprint density at radius 1 is 0.739 bits per heavy atom. The molecule has 1 saturated heterocycles. The second-order valence-electron chi connectivity index (χ2n) is 12.5. The summed E-state index contributed by atoms with van der Waals surface area (Å²) in [7, 11) is 3.23. The van der Waals surface area contributed by atoms with Crippen LogP contribution in [0.25, 0.3) is 6.08 Å². The number of para-hydroxylation sites is 1. The molecule has 226 valence electrons. The zero-order valence-electron chi connectivity index (χ0n) is 25.8. The first-order valence-corrected chi connectivity index (χ1v) is 17.3. The first-order valence-electron chi connectivity index (χ1n) is 15.1. The molecule has 0 aliphatic carbocycles. The molecular weight excluding hydrogens is 655 g/mol. The quantitative estimate of drug-likeness (QED) is 0.0917. The van der Waals surface area contributed by atoms with Gasteiger partial charge in [-0.2, -0.15) is 0 Å². The number of carbonyl (C=O) groups excluding carboxylic acids is 2. The van der Waals surface area contributed by atoms with Gasteiger partial charge in [-0.3, -0.25) is 0 Å². The molecule has 0 saturated carbocycles. The maximum atomic E-state index is 13.2. The number of benzene rings is 3. The molecule has 2 aromatic heterocycles. The van der Waals surface area contributed by atoms with E-state index in [1.165, 1.54) is 42.2 Å². The Kier molecular flexibility index (Phi) is 6.39. The number of amides is 2. The van der Waals surface area contributed by atoms with Crippen molar-refractivity contribution in [2.75, 3.05) is 19.0 Å². The summed E-state index contributed by atoms with van der Waals surface area (Å²) in [5.41, 5.74) is 7.42. The summed E-state index contributed by atoms with van der Waals surface area (Å²) < 4.78 is 2.14. The molecule has 8 rings (SSSR count). The number of aromatic nitrogens is 1. The summed E-state index contributed by atoms with van der Waals surface area (Å²) in [6, 6.07) is 34.6. The molecule has 46 heavy (non-hydrogen) atoms. The molecule has 5 aromatic rings. The van der Waals surface area contributed by atoms with Crippen molar-refractivity contribution in [3.63, 3.8) is 0 Å². The third kappa shape index (κ3) is 3.75. The number of hydrogen-bond donors (Lipinski definition) is 0. The van der Waals surface area contributed by atoms with Crippen molar-refractivity contribution in [2.45, 2.75) is 24.7 Å². The first-order chi connectivity index (χ1) is 22.2. The summed E-state index contributed by atoms with van der Waals surface area (Å²) in [5, 5.41) is 0.205. The van der Waals surface area contributed by atoms with Gasteiger partial charge in [0.2, 0.25) is 0 Å². The standard InChI is InChI=1S/C38H30N4O2SSe/c1-37(2)27-17-11-18-28-31(27)42(35-30(37)22-25(46-35)21-26-33(43)40(3)36(45)41(4)34(26)44)32-29(19-12-20-39-32)38(28,23-13-7-5-8-14-23)24-15-9-6-10-16-24/h5-22H,1-4H3. The van der Waals surface area contributed by atoms with Crippen LogP contribution in [-0.2, 0) is 20.4 Å². The van der Waals surface area contributed by atoms with Crippen LogP contribution in [0.2, 0.25) is 0 Å². The van der Waals surface area contributed by atoms with Crippen molar-refractivity contribution in [2.24, 2.45) is 0 Å². The Bertz CT molecular complexity index is 2070. The summed E-state index contributed by atoms with van der Waals surface area (Å²) in [6.07, 6.45) is 3.65. The molecule has 3 aliphatic rings. The van der Waals surface area contributed by atoms with Crippen LogP contribution < -0.4 is 4.90 Å². The third-order valence-corrected chi connectivity index (χ3v) is 12.5. The Balaban J connectivity index is 1.42. The Morgan fingerprint density at radius 2 is 1.33 bits per heavy atom. The van der Waals surface area contributed by atoms with Crippen molar-refractivity contribution in [1.29, 1.82) is 0 Å². The fourth-order valence-electron chi connectivity index (χ4n) is 7.42. The van der Waals surface area contributed by atoms with E-state index < -0.39 is 5.41 Å². The number of anilines is 3. The van der Waals surface area contributed by atoms with Crippen LogP contribution in [0, 0.1) is 0 Å². The van der Waals surface area contributed by atoms with Gasteiger partial charge in [-0.15, -0.1) is 0 Å². The predicted molar refractivity (Wildman–Crippen MR) is 186 cm³/mol. The number of pyridine rings is 1. The molecule has 0 bridgehead atoms. The van der Waals surface area contributed by atoms with E-state index in [1.54, 1.807) is 20.2 Å². The summed E-state index contributed by atoms with van der Waals surface area (Å²) >= 11 is 5.11. The van der Waals surface area contributed by atoms with Gasteiger partial charge in [0.25, 0.3) is 0 Å². The number of likely N-dealkylation sites (N-methyl/N-ethyl adjacent to an activating group) is 2. The van der Waals surface area contributed by atoms with Crippen molar-refractivity contribution in [3.05, 3.63) is 147 Å². The first kappa shape index (κ1) is 28.8. The summed E-state index contributed by atoms with van der Waals surface area (Å²) in [4.78, 5) is 36.7. The van der Waals surface area contributed by atoms with Crippen LogP contribution in [0.1, 0.15) is 51.7 Å². The van der Waals surface area contributed by atoms with E-state index in [9.17, 15) is 9.59 Å². The van der Waals surface area contributed by atoms with Gasteiger partial charge in [-0.25, -0.2) is 0 Å². The van der Waals surface area contributed by atoms with E-state index in [0.29, 0.717) is 0 Å². The molecule has 0 N–H and O–H groups in total. The molecule has 3 aromatic carbocycles. The Labute approximate surface area is 279 Å². The molecule has 0 atom stereocenters. The average molecular weight is 686 g/mol. The topological polar surface area (TPSA) is 56.8 Å². The molecule has 0 unspecified atom stereocenters. The fraction of sp³-hybridized carbons (Fsp3) is 0.158. The van der Waals surface area contributed by atoms with E-state index in [2.05, 4.69) is 110 Å². The summed E-state index contributed by atoms with van der Waals surface area (Å²) in [6.45, 7) is 4.55. The fourth-order valence-corrected chi connectivity index (χ4v) is 10.3. The van der Waals surface area contributed by atoms with Gasteiger partial charge in [0, 0.05) is 0 Å². The molecule has 3 aliphatic heterocycles. The minimum atomic E-state index is -0.597. The van der Waals surface area contributed by atoms with Crippen molar-refractivity contribution in [1.82, 2.24) is 14.8 Å². The monoisotopic (exact) mass is 686 g/mol. The van der Waals surface area contributed by atoms with Gasteiger partial charge in [0.1, 0.15) is 0 Å². The number of thiocarbonyl (C=S) groups is 1. The Morgan fingerprint density at radius 3 is 1.96 bits per heavy atom. The zero-order chi connectivity index (χ0) is 32.0. The van der Waals surface area contributed by atoms with Gasteiger partial charge in [-0.05, 0) is 0 Å². The molecule has 0 spiro atoms.